The lowest BCUT2D eigenvalue weighted by Crippen LogP contribution is -2.37. The summed E-state index contributed by atoms with van der Waals surface area (Å²) < 4.78 is 21.2. The largest absolute Gasteiger partial charge is 0.493 e. The zero-order valence-corrected chi connectivity index (χ0v) is 14.9. The lowest BCUT2D eigenvalue weighted by Gasteiger charge is -2.26. The van der Waals surface area contributed by atoms with Crippen molar-refractivity contribution in [2.45, 2.75) is 6.42 Å². The van der Waals surface area contributed by atoms with Crippen molar-refractivity contribution < 1.29 is 28.8 Å². The van der Waals surface area contributed by atoms with Crippen LogP contribution in [0.3, 0.4) is 0 Å². The Kier molecular flexibility index (Phi) is 7.09. The summed E-state index contributed by atoms with van der Waals surface area (Å²) >= 11 is 0. The van der Waals surface area contributed by atoms with Gasteiger partial charge in [0.05, 0.1) is 34.5 Å². The first kappa shape index (κ1) is 19.1. The highest BCUT2D eigenvalue weighted by Gasteiger charge is 2.16. The standard InChI is InChI=1S/C18H25NO6/c1-22-15-11-13(12-16(23-2)17(15)24-3)10-14(18(20)21)4-5-19-6-8-25-9-7-19/h10-12H,4-9H2,1-3H3,(H,20,21)/b14-10-. The van der Waals surface area contributed by atoms with Crippen molar-refractivity contribution in [3.8, 4) is 17.2 Å². The van der Waals surface area contributed by atoms with Crippen LogP contribution in [0, 0.1) is 0 Å². The molecule has 0 aliphatic carbocycles. The number of benzene rings is 1. The summed E-state index contributed by atoms with van der Waals surface area (Å²) in [4.78, 5) is 13.8. The highest BCUT2D eigenvalue weighted by atomic mass is 16.5. The van der Waals surface area contributed by atoms with E-state index in [1.165, 1.54) is 21.3 Å². The number of morpholine rings is 1. The summed E-state index contributed by atoms with van der Waals surface area (Å²) in [6, 6.07) is 3.47. The molecule has 1 saturated heterocycles. The van der Waals surface area contributed by atoms with Gasteiger partial charge in [-0.1, -0.05) is 0 Å². The zero-order chi connectivity index (χ0) is 18.2. The zero-order valence-electron chi connectivity index (χ0n) is 14.9. The van der Waals surface area contributed by atoms with E-state index in [0.29, 0.717) is 54.6 Å². The van der Waals surface area contributed by atoms with Gasteiger partial charge in [-0.2, -0.15) is 0 Å². The van der Waals surface area contributed by atoms with E-state index < -0.39 is 5.97 Å². The van der Waals surface area contributed by atoms with Crippen molar-refractivity contribution in [3.05, 3.63) is 23.3 Å². The first-order chi connectivity index (χ1) is 12.1. The summed E-state index contributed by atoms with van der Waals surface area (Å²) in [5.41, 5.74) is 1.02. The first-order valence-corrected chi connectivity index (χ1v) is 8.13. The van der Waals surface area contributed by atoms with E-state index in [9.17, 15) is 9.90 Å². The molecule has 7 heteroatoms. The van der Waals surface area contributed by atoms with Crippen molar-refractivity contribution in [2.24, 2.45) is 0 Å². The summed E-state index contributed by atoms with van der Waals surface area (Å²) in [7, 11) is 4.59. The monoisotopic (exact) mass is 351 g/mol. The molecule has 7 nitrogen and oxygen atoms in total. The number of hydrogen-bond donors (Lipinski definition) is 1. The average Bonchev–Trinajstić information content (AvgIpc) is 2.64. The molecule has 1 aromatic rings. The Hall–Kier alpha value is -2.25. The van der Waals surface area contributed by atoms with Crippen LogP contribution in [-0.2, 0) is 9.53 Å². The van der Waals surface area contributed by atoms with E-state index >= 15 is 0 Å². The predicted molar refractivity (Wildman–Crippen MR) is 93.6 cm³/mol. The maximum absolute atomic E-state index is 11.6. The number of carboxylic acid groups (broad SMARTS) is 1. The second-order valence-corrected chi connectivity index (χ2v) is 5.64. The van der Waals surface area contributed by atoms with E-state index in [4.69, 9.17) is 18.9 Å². The molecular formula is C18H25NO6. The highest BCUT2D eigenvalue weighted by Crippen LogP contribution is 2.38. The Balaban J connectivity index is 2.22. The molecule has 1 heterocycles. The normalized spacial score (nSPS) is 15.7. The topological polar surface area (TPSA) is 77.5 Å². The van der Waals surface area contributed by atoms with Gasteiger partial charge < -0.3 is 24.1 Å². The van der Waals surface area contributed by atoms with Gasteiger partial charge in [0.1, 0.15) is 0 Å². The number of ether oxygens (including phenoxy) is 4. The summed E-state index contributed by atoms with van der Waals surface area (Å²) in [6.45, 7) is 3.73. The fraction of sp³-hybridized carbons (Fsp3) is 0.500. The number of hydrogen-bond acceptors (Lipinski definition) is 6. The van der Waals surface area contributed by atoms with Crippen LogP contribution in [0.4, 0.5) is 0 Å². The molecule has 1 N–H and O–H groups in total. The quantitative estimate of drug-likeness (QED) is 0.717. The van der Waals surface area contributed by atoms with Crippen LogP contribution < -0.4 is 14.2 Å². The Morgan fingerprint density at radius 2 is 1.76 bits per heavy atom. The molecule has 1 aromatic carbocycles. The van der Waals surface area contributed by atoms with E-state index in [2.05, 4.69) is 4.90 Å². The summed E-state index contributed by atoms with van der Waals surface area (Å²) in [6.07, 6.45) is 2.10. The predicted octanol–water partition coefficient (Wildman–Crippen LogP) is 1.90. The average molecular weight is 351 g/mol. The minimum absolute atomic E-state index is 0.334. The molecule has 0 unspecified atom stereocenters. The van der Waals surface area contributed by atoms with Gasteiger partial charge in [0.2, 0.25) is 5.75 Å². The van der Waals surface area contributed by atoms with E-state index in [1.807, 2.05) is 0 Å². The van der Waals surface area contributed by atoms with Crippen molar-refractivity contribution in [2.75, 3.05) is 54.2 Å². The number of rotatable bonds is 8. The lowest BCUT2D eigenvalue weighted by atomic mass is 10.1. The molecule has 25 heavy (non-hydrogen) atoms. The third-order valence-corrected chi connectivity index (χ3v) is 4.10. The highest BCUT2D eigenvalue weighted by molar-refractivity contribution is 5.92. The fourth-order valence-electron chi connectivity index (χ4n) is 2.73. The molecule has 0 amide bonds. The molecule has 0 atom stereocenters. The van der Waals surface area contributed by atoms with Gasteiger partial charge in [0.25, 0.3) is 0 Å². The van der Waals surface area contributed by atoms with Gasteiger partial charge in [-0.05, 0) is 30.2 Å². The minimum Gasteiger partial charge on any atom is -0.493 e. The maximum Gasteiger partial charge on any atom is 0.331 e. The van der Waals surface area contributed by atoms with E-state index in [-0.39, 0.29) is 0 Å². The molecule has 2 rings (SSSR count). The van der Waals surface area contributed by atoms with Gasteiger partial charge in [-0.3, -0.25) is 4.90 Å². The summed E-state index contributed by atoms with van der Waals surface area (Å²) in [5.74, 6) is 0.534. The number of aliphatic carboxylic acids is 1. The Morgan fingerprint density at radius 1 is 1.16 bits per heavy atom. The van der Waals surface area contributed by atoms with Crippen LogP contribution in [-0.4, -0.2) is 70.2 Å². The summed E-state index contributed by atoms with van der Waals surface area (Å²) in [5, 5.41) is 9.52. The molecule has 0 saturated carbocycles. The number of carbonyl (C=O) groups is 1. The van der Waals surface area contributed by atoms with Crippen LogP contribution >= 0.6 is 0 Å². The first-order valence-electron chi connectivity index (χ1n) is 8.13. The van der Waals surface area contributed by atoms with Crippen molar-refractivity contribution in [1.82, 2.24) is 4.90 Å². The van der Waals surface area contributed by atoms with Crippen LogP contribution in [0.1, 0.15) is 12.0 Å². The molecule has 0 bridgehead atoms. The molecule has 0 spiro atoms. The van der Waals surface area contributed by atoms with Crippen LogP contribution in [0.15, 0.2) is 17.7 Å². The molecule has 138 valence electrons. The molecule has 1 aliphatic heterocycles. The van der Waals surface area contributed by atoms with Crippen LogP contribution in [0.25, 0.3) is 6.08 Å². The van der Waals surface area contributed by atoms with Gasteiger partial charge in [0, 0.05) is 25.2 Å². The smallest absolute Gasteiger partial charge is 0.331 e. The lowest BCUT2D eigenvalue weighted by molar-refractivity contribution is -0.132. The van der Waals surface area contributed by atoms with Crippen molar-refractivity contribution in [1.29, 1.82) is 0 Å². The van der Waals surface area contributed by atoms with Crippen molar-refractivity contribution >= 4 is 12.0 Å². The number of nitrogens with zero attached hydrogens (tertiary/aromatic N) is 1. The third kappa shape index (κ3) is 5.11. The second kappa shape index (κ2) is 9.29. The molecule has 1 fully saturated rings. The van der Waals surface area contributed by atoms with Gasteiger partial charge >= 0.3 is 5.97 Å². The Labute approximate surface area is 147 Å². The van der Waals surface area contributed by atoms with E-state index in [0.717, 1.165) is 13.1 Å². The number of methoxy groups -OCH3 is 3. The van der Waals surface area contributed by atoms with E-state index in [1.54, 1.807) is 18.2 Å². The molecule has 1 aliphatic rings. The van der Waals surface area contributed by atoms with Gasteiger partial charge in [-0.25, -0.2) is 4.79 Å². The third-order valence-electron chi connectivity index (χ3n) is 4.10. The maximum atomic E-state index is 11.6. The number of carboxylic acids is 1. The molecule has 0 radical (unpaired) electrons. The molecule has 0 aromatic heterocycles. The Bertz CT molecular complexity index is 597. The Morgan fingerprint density at radius 3 is 2.24 bits per heavy atom. The van der Waals surface area contributed by atoms with Gasteiger partial charge in [0.15, 0.2) is 11.5 Å². The fourth-order valence-corrected chi connectivity index (χ4v) is 2.73. The van der Waals surface area contributed by atoms with Gasteiger partial charge in [-0.15, -0.1) is 0 Å². The van der Waals surface area contributed by atoms with Crippen LogP contribution in [0.5, 0.6) is 17.2 Å². The minimum atomic E-state index is -0.929. The van der Waals surface area contributed by atoms with Crippen molar-refractivity contribution in [3.63, 3.8) is 0 Å². The SMILES string of the molecule is COc1cc(/C=C(/CCN2CCOCC2)C(=O)O)cc(OC)c1OC. The van der Waals surface area contributed by atoms with Crippen LogP contribution in [0.2, 0.25) is 0 Å². The molecular weight excluding hydrogens is 326 g/mol. The second-order valence-electron chi connectivity index (χ2n) is 5.64.